The van der Waals surface area contributed by atoms with Crippen LogP contribution in [0.15, 0.2) is 0 Å². The fourth-order valence-electron chi connectivity index (χ4n) is 1.64. The maximum atomic E-state index is 13.0. The second-order valence-electron chi connectivity index (χ2n) is 3.67. The van der Waals surface area contributed by atoms with E-state index in [2.05, 4.69) is 0 Å². The second-order valence-corrected chi connectivity index (χ2v) is 3.67. The van der Waals surface area contributed by atoms with Crippen LogP contribution in [0.3, 0.4) is 0 Å². The van der Waals surface area contributed by atoms with Crippen LogP contribution in [0.25, 0.3) is 0 Å². The number of morpholine rings is 1. The average molecular weight is 208 g/mol. The van der Waals surface area contributed by atoms with E-state index < -0.39 is 12.5 Å². The second kappa shape index (κ2) is 5.00. The van der Waals surface area contributed by atoms with Crippen LogP contribution < -0.4 is 5.73 Å². The third-order valence-electron chi connectivity index (χ3n) is 2.55. The molecule has 1 aliphatic rings. The molecule has 5 heteroatoms. The van der Waals surface area contributed by atoms with Gasteiger partial charge >= 0.3 is 0 Å². The third-order valence-corrected chi connectivity index (χ3v) is 2.55. The van der Waals surface area contributed by atoms with Gasteiger partial charge in [0.2, 0.25) is 0 Å². The molecule has 1 heterocycles. The number of hydrogen-bond donors (Lipinski definition) is 1. The largest absolute Gasteiger partial charge is 0.378 e. The molecular formula is C9H18F2N2O. The van der Waals surface area contributed by atoms with E-state index in [1.54, 1.807) is 4.90 Å². The van der Waals surface area contributed by atoms with Crippen LogP contribution in [0, 0.1) is 0 Å². The number of ether oxygens (including phenoxy) is 1. The van der Waals surface area contributed by atoms with Gasteiger partial charge < -0.3 is 10.5 Å². The zero-order valence-electron chi connectivity index (χ0n) is 8.51. The van der Waals surface area contributed by atoms with Crippen molar-refractivity contribution in [3.63, 3.8) is 0 Å². The van der Waals surface area contributed by atoms with Crippen LogP contribution in [0.5, 0.6) is 0 Å². The van der Waals surface area contributed by atoms with Crippen LogP contribution in [0.4, 0.5) is 8.78 Å². The molecule has 1 fully saturated rings. The highest BCUT2D eigenvalue weighted by Crippen LogP contribution is 2.18. The first-order chi connectivity index (χ1) is 6.59. The van der Waals surface area contributed by atoms with Gasteiger partial charge in [-0.3, -0.25) is 4.90 Å². The minimum Gasteiger partial charge on any atom is -0.378 e. The van der Waals surface area contributed by atoms with Crippen LogP contribution in [0.1, 0.15) is 13.3 Å². The molecule has 2 N–H and O–H groups in total. The van der Waals surface area contributed by atoms with Crippen molar-refractivity contribution < 1.29 is 13.5 Å². The summed E-state index contributed by atoms with van der Waals surface area (Å²) < 4.78 is 31.3. The lowest BCUT2D eigenvalue weighted by atomic mass is 10.1. The number of halogens is 2. The lowest BCUT2D eigenvalue weighted by Crippen LogP contribution is -2.51. The Bertz CT molecular complexity index is 178. The van der Waals surface area contributed by atoms with Crippen molar-refractivity contribution in [3.8, 4) is 0 Å². The predicted molar refractivity (Wildman–Crippen MR) is 50.5 cm³/mol. The molecule has 1 aliphatic heterocycles. The molecule has 84 valence electrons. The summed E-state index contributed by atoms with van der Waals surface area (Å²) in [6.45, 7) is 2.82. The Morgan fingerprint density at radius 1 is 1.57 bits per heavy atom. The Kier molecular flexibility index (Phi) is 4.22. The molecule has 1 rings (SSSR count). The molecule has 0 saturated carbocycles. The van der Waals surface area contributed by atoms with Crippen molar-refractivity contribution >= 4 is 0 Å². The Labute approximate surface area is 83.2 Å². The molecule has 0 aromatic heterocycles. The van der Waals surface area contributed by atoms with Crippen molar-refractivity contribution in [2.24, 2.45) is 5.73 Å². The highest BCUT2D eigenvalue weighted by molar-refractivity contribution is 4.80. The summed E-state index contributed by atoms with van der Waals surface area (Å²) in [7, 11) is 0. The summed E-state index contributed by atoms with van der Waals surface area (Å²) >= 11 is 0. The molecule has 14 heavy (non-hydrogen) atoms. The summed E-state index contributed by atoms with van der Waals surface area (Å²) in [5.74, 6) is -2.77. The summed E-state index contributed by atoms with van der Waals surface area (Å²) in [5.41, 5.74) is 5.00. The zero-order valence-corrected chi connectivity index (χ0v) is 8.51. The van der Waals surface area contributed by atoms with E-state index in [0.717, 1.165) is 6.42 Å². The zero-order chi connectivity index (χ0) is 10.6. The monoisotopic (exact) mass is 208 g/mol. The molecule has 0 aromatic carbocycles. The van der Waals surface area contributed by atoms with Crippen molar-refractivity contribution in [3.05, 3.63) is 0 Å². The number of alkyl halides is 2. The molecule has 1 saturated heterocycles. The van der Waals surface area contributed by atoms with Crippen LogP contribution in [-0.4, -0.2) is 49.7 Å². The van der Waals surface area contributed by atoms with Gasteiger partial charge in [0.25, 0.3) is 5.92 Å². The Morgan fingerprint density at radius 3 is 2.86 bits per heavy atom. The van der Waals surface area contributed by atoms with Gasteiger partial charge in [0, 0.05) is 12.6 Å². The number of hydrogen-bond acceptors (Lipinski definition) is 3. The summed E-state index contributed by atoms with van der Waals surface area (Å²) in [5, 5.41) is 0. The molecule has 0 radical (unpaired) electrons. The van der Waals surface area contributed by atoms with E-state index in [-0.39, 0.29) is 12.6 Å². The maximum absolute atomic E-state index is 13.0. The summed E-state index contributed by atoms with van der Waals surface area (Å²) in [6.07, 6.45) is 0.834. The highest BCUT2D eigenvalue weighted by atomic mass is 19.3. The molecule has 0 amide bonds. The normalized spacial score (nSPS) is 25.3. The van der Waals surface area contributed by atoms with Crippen molar-refractivity contribution in [2.75, 3.05) is 32.8 Å². The van der Waals surface area contributed by atoms with Gasteiger partial charge in [0.15, 0.2) is 0 Å². The van der Waals surface area contributed by atoms with E-state index in [1.807, 2.05) is 6.92 Å². The molecule has 0 aliphatic carbocycles. The van der Waals surface area contributed by atoms with Gasteiger partial charge in [-0.05, 0) is 6.42 Å². The third kappa shape index (κ3) is 3.15. The average Bonchev–Trinajstić information content (AvgIpc) is 2.18. The number of rotatable bonds is 4. The van der Waals surface area contributed by atoms with E-state index >= 15 is 0 Å². The fraction of sp³-hybridized carbons (Fsp3) is 1.00. The molecular weight excluding hydrogens is 190 g/mol. The van der Waals surface area contributed by atoms with Crippen LogP contribution in [0.2, 0.25) is 0 Å². The lowest BCUT2D eigenvalue weighted by molar-refractivity contribution is -0.0749. The first-order valence-corrected chi connectivity index (χ1v) is 4.98. The van der Waals surface area contributed by atoms with E-state index in [0.29, 0.717) is 19.8 Å². The molecule has 0 aromatic rings. The Hall–Kier alpha value is -0.260. The van der Waals surface area contributed by atoms with Gasteiger partial charge in [-0.1, -0.05) is 6.92 Å². The topological polar surface area (TPSA) is 38.5 Å². The molecule has 0 spiro atoms. The van der Waals surface area contributed by atoms with E-state index in [1.165, 1.54) is 0 Å². The van der Waals surface area contributed by atoms with Crippen molar-refractivity contribution in [1.82, 2.24) is 4.90 Å². The van der Waals surface area contributed by atoms with Gasteiger partial charge in [0.05, 0.1) is 26.3 Å². The first-order valence-electron chi connectivity index (χ1n) is 4.98. The quantitative estimate of drug-likeness (QED) is 0.738. The van der Waals surface area contributed by atoms with Gasteiger partial charge in [-0.25, -0.2) is 8.78 Å². The molecule has 1 unspecified atom stereocenters. The number of nitrogens with zero attached hydrogens (tertiary/aromatic N) is 1. The van der Waals surface area contributed by atoms with Gasteiger partial charge in [-0.2, -0.15) is 0 Å². The number of nitrogens with two attached hydrogens (primary N) is 1. The van der Waals surface area contributed by atoms with Crippen molar-refractivity contribution in [2.45, 2.75) is 25.3 Å². The molecule has 0 bridgehead atoms. The Morgan fingerprint density at radius 2 is 2.29 bits per heavy atom. The minimum absolute atomic E-state index is 0.112. The maximum Gasteiger partial charge on any atom is 0.272 e. The first kappa shape index (κ1) is 11.8. The fourth-order valence-corrected chi connectivity index (χ4v) is 1.64. The lowest BCUT2D eigenvalue weighted by Gasteiger charge is -2.36. The highest BCUT2D eigenvalue weighted by Gasteiger charge is 2.33. The minimum atomic E-state index is -2.77. The smallest absolute Gasteiger partial charge is 0.272 e. The summed E-state index contributed by atoms with van der Waals surface area (Å²) in [6, 6.07) is 0.112. The SMILES string of the molecule is CCC1COCCN1CC(F)(F)CN. The van der Waals surface area contributed by atoms with E-state index in [9.17, 15) is 8.78 Å². The van der Waals surface area contributed by atoms with Crippen LogP contribution >= 0.6 is 0 Å². The summed E-state index contributed by atoms with van der Waals surface area (Å²) in [4.78, 5) is 1.77. The predicted octanol–water partition coefficient (Wildman–Crippen LogP) is 0.691. The van der Waals surface area contributed by atoms with Crippen molar-refractivity contribution in [1.29, 1.82) is 0 Å². The van der Waals surface area contributed by atoms with Crippen LogP contribution in [-0.2, 0) is 4.74 Å². The Balaban J connectivity index is 2.48. The van der Waals surface area contributed by atoms with Gasteiger partial charge in [0.1, 0.15) is 0 Å². The molecule has 1 atom stereocenters. The molecule has 3 nitrogen and oxygen atoms in total. The van der Waals surface area contributed by atoms with E-state index in [4.69, 9.17) is 10.5 Å². The standard InChI is InChI=1S/C9H18F2N2O/c1-2-8-5-14-4-3-13(8)7-9(10,11)6-12/h8H,2-7,12H2,1H3. The van der Waals surface area contributed by atoms with Gasteiger partial charge in [-0.15, -0.1) is 0 Å².